The summed E-state index contributed by atoms with van der Waals surface area (Å²) in [5.41, 5.74) is 1.73. The summed E-state index contributed by atoms with van der Waals surface area (Å²) in [7, 11) is 0. The monoisotopic (exact) mass is 322 g/mol. The van der Waals surface area contributed by atoms with Gasteiger partial charge in [0, 0.05) is 22.5 Å². The van der Waals surface area contributed by atoms with Crippen LogP contribution in [0.15, 0.2) is 15.0 Å². The van der Waals surface area contributed by atoms with E-state index in [-0.39, 0.29) is 10.4 Å². The van der Waals surface area contributed by atoms with Crippen molar-refractivity contribution in [3.8, 4) is 0 Å². The molecular weight excluding hydrogens is 308 g/mol. The summed E-state index contributed by atoms with van der Waals surface area (Å²) >= 11 is 2.67. The normalized spacial score (nSPS) is 11.3. The number of nitrogens with one attached hydrogen (secondary N) is 3. The van der Waals surface area contributed by atoms with Gasteiger partial charge in [-0.25, -0.2) is 4.98 Å². The van der Waals surface area contributed by atoms with Crippen LogP contribution in [0.3, 0.4) is 0 Å². The number of aryl methyl sites for hydroxylation is 2. The van der Waals surface area contributed by atoms with Gasteiger partial charge >= 0.3 is 4.87 Å². The Balaban J connectivity index is 1.78. The highest BCUT2D eigenvalue weighted by molar-refractivity contribution is 7.18. The van der Waals surface area contributed by atoms with Crippen molar-refractivity contribution in [1.29, 1.82) is 0 Å². The summed E-state index contributed by atoms with van der Waals surface area (Å²) in [6.07, 6.45) is 0. The highest BCUT2D eigenvalue weighted by atomic mass is 32.1. The molecule has 21 heavy (non-hydrogen) atoms. The van der Waals surface area contributed by atoms with Gasteiger partial charge in [-0.3, -0.25) is 9.59 Å². The van der Waals surface area contributed by atoms with Gasteiger partial charge in [0.1, 0.15) is 10.7 Å². The maximum Gasteiger partial charge on any atom is 0.304 e. The fourth-order valence-electron chi connectivity index (χ4n) is 2.10. The molecule has 3 aromatic heterocycles. The van der Waals surface area contributed by atoms with Crippen LogP contribution >= 0.6 is 22.7 Å². The van der Waals surface area contributed by atoms with E-state index in [9.17, 15) is 9.59 Å². The zero-order valence-corrected chi connectivity index (χ0v) is 13.2. The Bertz CT molecular complexity index is 903. The Morgan fingerprint density at radius 3 is 2.76 bits per heavy atom. The zero-order valence-electron chi connectivity index (χ0n) is 11.6. The number of hydrogen-bond acceptors (Lipinski definition) is 6. The van der Waals surface area contributed by atoms with Crippen LogP contribution in [0.5, 0.6) is 0 Å². The Morgan fingerprint density at radius 2 is 2.05 bits per heavy atom. The summed E-state index contributed by atoms with van der Waals surface area (Å²) < 4.78 is 0. The molecule has 0 spiro atoms. The van der Waals surface area contributed by atoms with Gasteiger partial charge in [0.25, 0.3) is 5.56 Å². The van der Waals surface area contributed by atoms with Crippen molar-refractivity contribution < 1.29 is 0 Å². The van der Waals surface area contributed by atoms with Gasteiger partial charge in [-0.05, 0) is 19.4 Å². The predicted octanol–water partition coefficient (Wildman–Crippen LogP) is 1.64. The first kappa shape index (κ1) is 14.2. The number of H-pyrrole nitrogens is 2. The lowest BCUT2D eigenvalue weighted by Gasteiger charge is -2.03. The first-order chi connectivity index (χ1) is 10.0. The molecule has 0 unspecified atom stereocenters. The SMILES string of the molecule is Cc1sc2nc(CNCc3csc(=O)[nH]3)[nH]c(=O)c2c1C. The molecule has 3 rings (SSSR count). The van der Waals surface area contributed by atoms with Gasteiger partial charge in [0.05, 0.1) is 11.9 Å². The average molecular weight is 322 g/mol. The van der Waals surface area contributed by atoms with E-state index in [4.69, 9.17) is 0 Å². The summed E-state index contributed by atoms with van der Waals surface area (Å²) in [4.78, 5) is 35.0. The van der Waals surface area contributed by atoms with E-state index < -0.39 is 0 Å². The molecule has 0 aliphatic heterocycles. The molecule has 0 bridgehead atoms. The Morgan fingerprint density at radius 1 is 1.24 bits per heavy atom. The quantitative estimate of drug-likeness (QED) is 0.681. The van der Waals surface area contributed by atoms with Crippen LogP contribution in [0.2, 0.25) is 0 Å². The van der Waals surface area contributed by atoms with Crippen LogP contribution in [0.25, 0.3) is 10.2 Å². The molecule has 110 valence electrons. The number of thiazole rings is 1. The molecule has 3 aromatic rings. The lowest BCUT2D eigenvalue weighted by Crippen LogP contribution is -2.19. The lowest BCUT2D eigenvalue weighted by molar-refractivity contribution is 0.654. The molecule has 3 N–H and O–H groups in total. The Kier molecular flexibility index (Phi) is 3.75. The summed E-state index contributed by atoms with van der Waals surface area (Å²) in [6, 6.07) is 0. The molecular formula is C13H14N4O2S2. The molecule has 0 saturated carbocycles. The van der Waals surface area contributed by atoms with Crippen LogP contribution in [0.1, 0.15) is 22.0 Å². The Labute approximate surface area is 127 Å². The number of nitrogens with zero attached hydrogens (tertiary/aromatic N) is 1. The van der Waals surface area contributed by atoms with Crippen LogP contribution in [0.4, 0.5) is 0 Å². The first-order valence-electron chi connectivity index (χ1n) is 6.41. The predicted molar refractivity (Wildman–Crippen MR) is 85.2 cm³/mol. The van der Waals surface area contributed by atoms with E-state index >= 15 is 0 Å². The maximum absolute atomic E-state index is 12.1. The van der Waals surface area contributed by atoms with Crippen LogP contribution in [0, 0.1) is 13.8 Å². The molecule has 0 atom stereocenters. The van der Waals surface area contributed by atoms with Crippen molar-refractivity contribution in [2.24, 2.45) is 0 Å². The Hall–Kier alpha value is -1.77. The summed E-state index contributed by atoms with van der Waals surface area (Å²) in [5, 5.41) is 5.62. The second-order valence-corrected chi connectivity index (χ2v) is 6.80. The van der Waals surface area contributed by atoms with Crippen LogP contribution in [-0.4, -0.2) is 15.0 Å². The van der Waals surface area contributed by atoms with E-state index in [1.807, 2.05) is 13.8 Å². The molecule has 0 aliphatic carbocycles. The third kappa shape index (κ3) is 2.82. The third-order valence-electron chi connectivity index (χ3n) is 3.27. The molecule has 6 nitrogen and oxygen atoms in total. The van der Waals surface area contributed by atoms with Gasteiger partial charge in [-0.2, -0.15) is 0 Å². The van der Waals surface area contributed by atoms with E-state index in [0.717, 1.165) is 32.3 Å². The second kappa shape index (κ2) is 5.55. The fraction of sp³-hybridized carbons (Fsp3) is 0.308. The highest BCUT2D eigenvalue weighted by Gasteiger charge is 2.11. The van der Waals surface area contributed by atoms with Crippen molar-refractivity contribution in [1.82, 2.24) is 20.3 Å². The minimum atomic E-state index is -0.0948. The topological polar surface area (TPSA) is 90.6 Å². The number of fused-ring (bicyclic) bond motifs is 1. The number of aromatic nitrogens is 3. The highest BCUT2D eigenvalue weighted by Crippen LogP contribution is 2.25. The largest absolute Gasteiger partial charge is 0.315 e. The fourth-order valence-corrected chi connectivity index (χ4v) is 3.73. The molecule has 0 saturated heterocycles. The molecule has 0 aromatic carbocycles. The van der Waals surface area contributed by atoms with Crippen molar-refractivity contribution >= 4 is 32.9 Å². The molecule has 0 fully saturated rings. The van der Waals surface area contributed by atoms with Crippen molar-refractivity contribution in [2.45, 2.75) is 26.9 Å². The van der Waals surface area contributed by atoms with Crippen molar-refractivity contribution in [2.75, 3.05) is 0 Å². The second-order valence-electron chi connectivity index (χ2n) is 4.75. The molecule has 0 radical (unpaired) electrons. The third-order valence-corrected chi connectivity index (χ3v) is 5.09. The smallest absolute Gasteiger partial charge is 0.304 e. The van der Waals surface area contributed by atoms with E-state index in [2.05, 4.69) is 20.3 Å². The molecule has 3 heterocycles. The summed E-state index contributed by atoms with van der Waals surface area (Å²) in [6.45, 7) is 4.91. The number of aromatic amines is 2. The molecule has 8 heteroatoms. The van der Waals surface area contributed by atoms with E-state index in [1.54, 1.807) is 5.38 Å². The van der Waals surface area contributed by atoms with Crippen LogP contribution < -0.4 is 15.7 Å². The summed E-state index contributed by atoms with van der Waals surface area (Å²) in [5.74, 6) is 0.603. The van der Waals surface area contributed by atoms with Crippen molar-refractivity contribution in [3.05, 3.63) is 47.4 Å². The number of hydrogen-bond donors (Lipinski definition) is 3. The minimum absolute atomic E-state index is 0.0655. The van der Waals surface area contributed by atoms with Crippen LogP contribution in [-0.2, 0) is 13.1 Å². The maximum atomic E-state index is 12.1. The van der Waals surface area contributed by atoms with Gasteiger partial charge in [-0.1, -0.05) is 11.3 Å². The van der Waals surface area contributed by atoms with Gasteiger partial charge < -0.3 is 15.3 Å². The number of thiophene rings is 1. The van der Waals surface area contributed by atoms with Crippen molar-refractivity contribution in [3.63, 3.8) is 0 Å². The van der Waals surface area contributed by atoms with Gasteiger partial charge in [0.15, 0.2) is 0 Å². The number of rotatable bonds is 4. The molecule has 0 amide bonds. The van der Waals surface area contributed by atoms with Gasteiger partial charge in [-0.15, -0.1) is 11.3 Å². The minimum Gasteiger partial charge on any atom is -0.315 e. The zero-order chi connectivity index (χ0) is 15.0. The van der Waals surface area contributed by atoms with E-state index in [1.165, 1.54) is 11.3 Å². The lowest BCUT2D eigenvalue weighted by atomic mass is 10.2. The standard InChI is InChI=1S/C13H14N4O2S2/c1-6-7(2)21-12-10(6)11(18)16-9(17-12)4-14-3-8-5-20-13(19)15-8/h5,14H,3-4H2,1-2H3,(H,15,19)(H,16,17,18). The molecule has 0 aliphatic rings. The van der Waals surface area contributed by atoms with E-state index in [0.29, 0.717) is 24.3 Å². The first-order valence-corrected chi connectivity index (χ1v) is 8.10. The van der Waals surface area contributed by atoms with Gasteiger partial charge in [0.2, 0.25) is 0 Å². The average Bonchev–Trinajstić information content (AvgIpc) is 2.95.